The van der Waals surface area contributed by atoms with Crippen molar-refractivity contribution in [1.29, 1.82) is 0 Å². The van der Waals surface area contributed by atoms with E-state index >= 15 is 0 Å². The number of aromatic hydroxyl groups is 1. The van der Waals surface area contributed by atoms with E-state index in [1.54, 1.807) is 25.3 Å². The number of ketones is 1. The second-order valence-electron chi connectivity index (χ2n) is 10.5. The molecule has 0 bridgehead atoms. The van der Waals surface area contributed by atoms with Crippen LogP contribution in [-0.2, 0) is 10.8 Å². The molecule has 0 radical (unpaired) electrons. The van der Waals surface area contributed by atoms with Crippen molar-refractivity contribution in [2.24, 2.45) is 0 Å². The number of ether oxygens (including phenoxy) is 1. The van der Waals surface area contributed by atoms with Gasteiger partial charge >= 0.3 is 0 Å². The zero-order valence-electron chi connectivity index (χ0n) is 20.5. The molecule has 1 unspecified atom stereocenters. The highest BCUT2D eigenvalue weighted by Crippen LogP contribution is 2.43. The van der Waals surface area contributed by atoms with E-state index in [1.165, 1.54) is 0 Å². The Bertz CT molecular complexity index is 1110. The molecule has 0 aliphatic carbocycles. The molecule has 0 aliphatic rings. The van der Waals surface area contributed by atoms with Crippen LogP contribution in [0.2, 0.25) is 5.02 Å². The second kappa shape index (κ2) is 9.23. The molecule has 3 rings (SSSR count). The lowest BCUT2D eigenvalue weighted by atomic mass is 9.75. The van der Waals surface area contributed by atoms with Crippen LogP contribution in [0.3, 0.4) is 0 Å². The van der Waals surface area contributed by atoms with E-state index in [0.29, 0.717) is 22.1 Å². The van der Waals surface area contributed by atoms with Gasteiger partial charge in [-0.1, -0.05) is 89.5 Å². The van der Waals surface area contributed by atoms with Crippen molar-refractivity contribution in [3.8, 4) is 11.5 Å². The number of phenols is 1. The second-order valence-corrected chi connectivity index (χ2v) is 11.0. The summed E-state index contributed by atoms with van der Waals surface area (Å²) in [5, 5.41) is 11.8. The Morgan fingerprint density at radius 3 is 1.88 bits per heavy atom. The maximum Gasteiger partial charge on any atom is 0.174 e. The van der Waals surface area contributed by atoms with E-state index in [-0.39, 0.29) is 16.6 Å². The van der Waals surface area contributed by atoms with E-state index in [4.69, 9.17) is 16.3 Å². The third kappa shape index (κ3) is 5.42. The average molecular weight is 465 g/mol. The fraction of sp³-hybridized carbons (Fsp3) is 0.345. The summed E-state index contributed by atoms with van der Waals surface area (Å²) in [6, 6.07) is 18.6. The first kappa shape index (κ1) is 24.9. The molecule has 33 heavy (non-hydrogen) atoms. The van der Waals surface area contributed by atoms with Crippen molar-refractivity contribution < 1.29 is 14.6 Å². The topological polar surface area (TPSA) is 46.5 Å². The number of hydrogen-bond acceptors (Lipinski definition) is 3. The zero-order valence-corrected chi connectivity index (χ0v) is 21.2. The number of halogens is 1. The highest BCUT2D eigenvalue weighted by atomic mass is 35.5. The van der Waals surface area contributed by atoms with E-state index in [0.717, 1.165) is 22.3 Å². The van der Waals surface area contributed by atoms with E-state index < -0.39 is 5.92 Å². The molecule has 0 spiro atoms. The third-order valence-electron chi connectivity index (χ3n) is 5.90. The minimum Gasteiger partial charge on any atom is -0.507 e. The van der Waals surface area contributed by atoms with Gasteiger partial charge in [-0.2, -0.15) is 0 Å². The lowest BCUT2D eigenvalue weighted by molar-refractivity contribution is 0.0973. The predicted molar refractivity (Wildman–Crippen MR) is 136 cm³/mol. The molecule has 1 atom stereocenters. The number of methoxy groups -OCH3 is 1. The van der Waals surface area contributed by atoms with Crippen molar-refractivity contribution in [2.75, 3.05) is 7.11 Å². The molecule has 174 valence electrons. The van der Waals surface area contributed by atoms with Gasteiger partial charge in [0.25, 0.3) is 0 Å². The molecule has 0 heterocycles. The number of carbonyl (C=O) groups excluding carboxylic acids is 1. The lowest BCUT2D eigenvalue weighted by Gasteiger charge is -2.30. The molecule has 0 aliphatic heterocycles. The van der Waals surface area contributed by atoms with Crippen LogP contribution in [0.1, 0.15) is 80.1 Å². The summed E-state index contributed by atoms with van der Waals surface area (Å²) >= 11 is 6.15. The van der Waals surface area contributed by atoms with Gasteiger partial charge in [-0.25, -0.2) is 0 Å². The van der Waals surface area contributed by atoms with Gasteiger partial charge in [0.1, 0.15) is 11.5 Å². The number of benzene rings is 3. The van der Waals surface area contributed by atoms with Gasteiger partial charge in [0.15, 0.2) is 5.78 Å². The summed E-state index contributed by atoms with van der Waals surface area (Å²) in [5.41, 5.74) is 3.30. The Morgan fingerprint density at radius 2 is 1.39 bits per heavy atom. The molecule has 0 saturated carbocycles. The maximum absolute atomic E-state index is 14.0. The Hall–Kier alpha value is -2.78. The Morgan fingerprint density at radius 1 is 0.848 bits per heavy atom. The fourth-order valence-electron chi connectivity index (χ4n) is 4.06. The lowest BCUT2D eigenvalue weighted by Crippen LogP contribution is -2.21. The number of phenolic OH excluding ortho intramolecular Hbond substituents is 1. The molecule has 0 fully saturated rings. The number of Topliss-reactive ketones (excluding diaryl/α,β-unsaturated/α-hetero) is 1. The predicted octanol–water partition coefficient (Wildman–Crippen LogP) is 7.66. The first-order valence-electron chi connectivity index (χ1n) is 11.1. The van der Waals surface area contributed by atoms with Gasteiger partial charge in [0.05, 0.1) is 13.0 Å². The standard InChI is InChI=1S/C29H33ClO3/c1-28(2,3)23-16-20(17-24(27(23)32)29(4,5)6)25(18-11-13-21(30)14-12-18)26(31)19-9-8-10-22(15-19)33-7/h8-17,25,32H,1-7H3. The van der Waals surface area contributed by atoms with E-state index in [1.807, 2.05) is 42.5 Å². The van der Waals surface area contributed by atoms with Crippen LogP contribution in [-0.4, -0.2) is 18.0 Å². The van der Waals surface area contributed by atoms with Gasteiger partial charge in [-0.15, -0.1) is 0 Å². The summed E-state index contributed by atoms with van der Waals surface area (Å²) in [7, 11) is 1.59. The van der Waals surface area contributed by atoms with Crippen molar-refractivity contribution in [2.45, 2.75) is 58.3 Å². The quantitative estimate of drug-likeness (QED) is 0.394. The molecular weight excluding hydrogens is 432 g/mol. The van der Waals surface area contributed by atoms with Gasteiger partial charge in [-0.05, 0) is 57.3 Å². The van der Waals surface area contributed by atoms with Crippen molar-refractivity contribution in [3.05, 3.63) is 93.5 Å². The Balaban J connectivity index is 2.30. The monoisotopic (exact) mass is 464 g/mol. The summed E-state index contributed by atoms with van der Waals surface area (Å²) < 4.78 is 5.35. The number of hydrogen-bond donors (Lipinski definition) is 1. The molecule has 3 nitrogen and oxygen atoms in total. The summed E-state index contributed by atoms with van der Waals surface area (Å²) in [4.78, 5) is 14.0. The smallest absolute Gasteiger partial charge is 0.174 e. The zero-order chi connectivity index (χ0) is 24.6. The molecule has 3 aromatic carbocycles. The molecule has 0 amide bonds. The van der Waals surface area contributed by atoms with Crippen molar-refractivity contribution in [1.82, 2.24) is 0 Å². The van der Waals surface area contributed by atoms with Crippen LogP contribution < -0.4 is 4.74 Å². The number of carbonyl (C=O) groups is 1. The van der Waals surface area contributed by atoms with Crippen molar-refractivity contribution in [3.63, 3.8) is 0 Å². The van der Waals surface area contributed by atoms with E-state index in [9.17, 15) is 9.90 Å². The normalized spacial score (nSPS) is 13.0. The maximum atomic E-state index is 14.0. The Labute approximate surface area is 202 Å². The number of rotatable bonds is 5. The van der Waals surface area contributed by atoms with Crippen LogP contribution in [0.15, 0.2) is 60.7 Å². The van der Waals surface area contributed by atoms with Gasteiger partial charge in [0.2, 0.25) is 0 Å². The minimum absolute atomic E-state index is 0.0402. The van der Waals surface area contributed by atoms with Crippen molar-refractivity contribution >= 4 is 17.4 Å². The third-order valence-corrected chi connectivity index (χ3v) is 6.15. The van der Waals surface area contributed by atoms with Gasteiger partial charge in [-0.3, -0.25) is 4.79 Å². The molecule has 0 aromatic heterocycles. The summed E-state index contributed by atoms with van der Waals surface area (Å²) in [5.74, 6) is 0.327. The molecular formula is C29H33ClO3. The Kier molecular flexibility index (Phi) is 6.95. The van der Waals surface area contributed by atoms with Gasteiger partial charge < -0.3 is 9.84 Å². The van der Waals surface area contributed by atoms with E-state index in [2.05, 4.69) is 41.5 Å². The molecule has 1 N–H and O–H groups in total. The van der Waals surface area contributed by atoms with Crippen LogP contribution in [0.5, 0.6) is 11.5 Å². The SMILES string of the molecule is COc1cccc(C(=O)C(c2ccc(Cl)cc2)c2cc(C(C)(C)C)c(O)c(C(C)(C)C)c2)c1. The fourth-order valence-corrected chi connectivity index (χ4v) is 4.19. The highest BCUT2D eigenvalue weighted by molar-refractivity contribution is 6.30. The van der Waals surface area contributed by atoms with Gasteiger partial charge in [0, 0.05) is 10.6 Å². The summed E-state index contributed by atoms with van der Waals surface area (Å²) in [6.07, 6.45) is 0. The minimum atomic E-state index is -0.558. The molecule has 4 heteroatoms. The highest BCUT2D eigenvalue weighted by Gasteiger charge is 2.31. The van der Waals surface area contributed by atoms with Crippen LogP contribution in [0.4, 0.5) is 0 Å². The molecule has 0 saturated heterocycles. The molecule has 3 aromatic rings. The van der Waals surface area contributed by atoms with Crippen LogP contribution in [0, 0.1) is 0 Å². The average Bonchev–Trinajstić information content (AvgIpc) is 2.74. The largest absolute Gasteiger partial charge is 0.507 e. The summed E-state index contributed by atoms with van der Waals surface area (Å²) in [6.45, 7) is 12.4. The first-order valence-corrected chi connectivity index (χ1v) is 11.5. The first-order chi connectivity index (χ1) is 15.3. The van der Waals surface area contributed by atoms with Crippen LogP contribution >= 0.6 is 11.6 Å². The van der Waals surface area contributed by atoms with Crippen LogP contribution in [0.25, 0.3) is 0 Å².